The fraction of sp³-hybridized carbons (Fsp3) is 0. The number of carbonyl (C=O) groups is 2. The quantitative estimate of drug-likeness (QED) is 0.560. The van der Waals surface area contributed by atoms with Crippen LogP contribution in [0, 0.1) is 0 Å². The molecule has 0 aliphatic carbocycles. The van der Waals surface area contributed by atoms with Crippen LogP contribution in [0.1, 0.15) is 10.4 Å². The van der Waals surface area contributed by atoms with Gasteiger partial charge in [0.25, 0.3) is 5.91 Å². The van der Waals surface area contributed by atoms with Gasteiger partial charge < -0.3 is 0 Å². The van der Waals surface area contributed by atoms with Gasteiger partial charge in [-0.3, -0.25) is 14.9 Å². The SMILES string of the molecule is O=CNC(=O)c1c2ccccc2cc2ccccc12. The molecule has 0 fully saturated rings. The smallest absolute Gasteiger partial charge is 0.258 e. The fourth-order valence-corrected chi connectivity index (χ4v) is 2.38. The minimum Gasteiger partial charge on any atom is -0.295 e. The van der Waals surface area contributed by atoms with Crippen LogP contribution < -0.4 is 5.32 Å². The van der Waals surface area contributed by atoms with Crippen molar-refractivity contribution in [2.24, 2.45) is 0 Å². The molecule has 0 aliphatic heterocycles. The number of hydrogen-bond acceptors (Lipinski definition) is 2. The van der Waals surface area contributed by atoms with E-state index in [1.54, 1.807) is 0 Å². The van der Waals surface area contributed by atoms with Gasteiger partial charge in [-0.1, -0.05) is 48.5 Å². The third-order valence-corrected chi connectivity index (χ3v) is 3.19. The van der Waals surface area contributed by atoms with Crippen LogP contribution in [-0.2, 0) is 4.79 Å². The third-order valence-electron chi connectivity index (χ3n) is 3.19. The predicted octanol–water partition coefficient (Wildman–Crippen LogP) is 2.88. The van der Waals surface area contributed by atoms with Gasteiger partial charge >= 0.3 is 0 Å². The van der Waals surface area contributed by atoms with Crippen molar-refractivity contribution in [1.82, 2.24) is 5.32 Å². The molecule has 2 amide bonds. The lowest BCUT2D eigenvalue weighted by Crippen LogP contribution is -2.21. The maximum atomic E-state index is 12.1. The highest BCUT2D eigenvalue weighted by Crippen LogP contribution is 2.28. The monoisotopic (exact) mass is 249 g/mol. The first-order valence-corrected chi connectivity index (χ1v) is 5.96. The first-order chi connectivity index (χ1) is 9.31. The number of rotatable bonds is 2. The minimum atomic E-state index is -0.372. The summed E-state index contributed by atoms with van der Waals surface area (Å²) in [6.45, 7) is 0. The largest absolute Gasteiger partial charge is 0.295 e. The van der Waals surface area contributed by atoms with E-state index in [9.17, 15) is 9.59 Å². The average molecular weight is 249 g/mol. The summed E-state index contributed by atoms with van der Waals surface area (Å²) in [6, 6.07) is 17.4. The number of nitrogens with one attached hydrogen (secondary N) is 1. The topological polar surface area (TPSA) is 46.2 Å². The van der Waals surface area contributed by atoms with Crippen LogP contribution in [0.5, 0.6) is 0 Å². The van der Waals surface area contributed by atoms with Gasteiger partial charge in [0.2, 0.25) is 6.41 Å². The highest BCUT2D eigenvalue weighted by molar-refractivity contribution is 6.19. The number of benzene rings is 3. The second kappa shape index (κ2) is 4.53. The molecule has 19 heavy (non-hydrogen) atoms. The molecule has 0 spiro atoms. The molecule has 0 saturated carbocycles. The van der Waals surface area contributed by atoms with Gasteiger partial charge in [0.05, 0.1) is 5.56 Å². The lowest BCUT2D eigenvalue weighted by atomic mass is 9.96. The maximum absolute atomic E-state index is 12.1. The van der Waals surface area contributed by atoms with Crippen LogP contribution in [0.2, 0.25) is 0 Å². The summed E-state index contributed by atoms with van der Waals surface area (Å²) in [6.07, 6.45) is 0.416. The number of carbonyl (C=O) groups excluding carboxylic acids is 2. The number of imide groups is 1. The summed E-state index contributed by atoms with van der Waals surface area (Å²) in [5.41, 5.74) is 0.542. The Bertz CT molecular complexity index is 739. The lowest BCUT2D eigenvalue weighted by Gasteiger charge is -2.09. The molecule has 0 aliphatic rings. The molecule has 3 aromatic rings. The van der Waals surface area contributed by atoms with Gasteiger partial charge in [0.15, 0.2) is 0 Å². The van der Waals surface area contributed by atoms with Crippen molar-refractivity contribution < 1.29 is 9.59 Å². The normalized spacial score (nSPS) is 10.5. The Morgan fingerprint density at radius 2 is 1.42 bits per heavy atom. The zero-order chi connectivity index (χ0) is 13.2. The molecular formula is C16H11NO2. The molecule has 0 bridgehead atoms. The second-order valence-electron chi connectivity index (χ2n) is 4.29. The first-order valence-electron chi connectivity index (χ1n) is 5.96. The van der Waals surface area contributed by atoms with Crippen molar-refractivity contribution in [3.63, 3.8) is 0 Å². The summed E-state index contributed by atoms with van der Waals surface area (Å²) in [4.78, 5) is 22.7. The van der Waals surface area contributed by atoms with E-state index in [1.807, 2.05) is 54.6 Å². The molecule has 3 aromatic carbocycles. The Balaban J connectivity index is 2.46. The minimum absolute atomic E-state index is 0.372. The highest BCUT2D eigenvalue weighted by atomic mass is 16.2. The van der Waals surface area contributed by atoms with Crippen molar-refractivity contribution in [3.05, 3.63) is 60.2 Å². The van der Waals surface area contributed by atoms with E-state index < -0.39 is 0 Å². The Morgan fingerprint density at radius 3 is 1.95 bits per heavy atom. The van der Waals surface area contributed by atoms with Crippen LogP contribution >= 0.6 is 0 Å². The van der Waals surface area contributed by atoms with Gasteiger partial charge in [-0.25, -0.2) is 0 Å². The van der Waals surface area contributed by atoms with Crippen LogP contribution in [0.15, 0.2) is 54.6 Å². The van der Waals surface area contributed by atoms with Crippen LogP contribution in [0.25, 0.3) is 21.5 Å². The van der Waals surface area contributed by atoms with E-state index in [0.717, 1.165) is 21.5 Å². The van der Waals surface area contributed by atoms with Crippen molar-refractivity contribution in [1.29, 1.82) is 0 Å². The standard InChI is InChI=1S/C16H11NO2/c18-10-17-16(19)15-13-7-3-1-5-11(13)9-12-6-2-4-8-14(12)15/h1-10H,(H,17,18,19). The van der Waals surface area contributed by atoms with E-state index in [2.05, 4.69) is 5.32 Å². The molecule has 0 aromatic heterocycles. The summed E-state index contributed by atoms with van der Waals surface area (Å²) in [7, 11) is 0. The zero-order valence-corrected chi connectivity index (χ0v) is 10.1. The van der Waals surface area contributed by atoms with Gasteiger partial charge in [0, 0.05) is 0 Å². The van der Waals surface area contributed by atoms with E-state index in [-0.39, 0.29) is 5.91 Å². The van der Waals surface area contributed by atoms with Crippen molar-refractivity contribution >= 4 is 33.9 Å². The Hall–Kier alpha value is -2.68. The van der Waals surface area contributed by atoms with Gasteiger partial charge in [0.1, 0.15) is 0 Å². The Labute approximate surface area is 109 Å². The Morgan fingerprint density at radius 1 is 0.895 bits per heavy atom. The maximum Gasteiger partial charge on any atom is 0.258 e. The van der Waals surface area contributed by atoms with Crippen LogP contribution in [0.3, 0.4) is 0 Å². The number of fused-ring (bicyclic) bond motifs is 2. The molecule has 1 N–H and O–H groups in total. The van der Waals surface area contributed by atoms with Crippen LogP contribution in [-0.4, -0.2) is 12.3 Å². The fourth-order valence-electron chi connectivity index (χ4n) is 2.38. The zero-order valence-electron chi connectivity index (χ0n) is 10.1. The van der Waals surface area contributed by atoms with E-state index in [1.165, 1.54) is 0 Å². The highest BCUT2D eigenvalue weighted by Gasteiger charge is 2.13. The van der Waals surface area contributed by atoms with Crippen molar-refractivity contribution in [2.75, 3.05) is 0 Å². The summed E-state index contributed by atoms with van der Waals surface area (Å²) in [5.74, 6) is -0.372. The summed E-state index contributed by atoms with van der Waals surface area (Å²) < 4.78 is 0. The number of hydrogen-bond donors (Lipinski definition) is 1. The predicted molar refractivity (Wildman–Crippen MR) is 75.0 cm³/mol. The van der Waals surface area contributed by atoms with Gasteiger partial charge in [-0.05, 0) is 27.6 Å². The first kappa shape index (κ1) is 11.4. The molecule has 0 heterocycles. The molecule has 0 atom stereocenters. The van der Waals surface area contributed by atoms with E-state index >= 15 is 0 Å². The molecule has 3 rings (SSSR count). The number of amides is 2. The summed E-state index contributed by atoms with van der Waals surface area (Å²) >= 11 is 0. The third kappa shape index (κ3) is 1.85. The molecule has 3 heteroatoms. The lowest BCUT2D eigenvalue weighted by molar-refractivity contribution is -0.108. The molecule has 3 nitrogen and oxygen atoms in total. The Kier molecular flexibility index (Phi) is 2.72. The van der Waals surface area contributed by atoms with E-state index in [4.69, 9.17) is 0 Å². The molecule has 92 valence electrons. The molecule has 0 saturated heterocycles. The van der Waals surface area contributed by atoms with Crippen molar-refractivity contribution in [3.8, 4) is 0 Å². The van der Waals surface area contributed by atoms with Crippen molar-refractivity contribution in [2.45, 2.75) is 0 Å². The average Bonchev–Trinajstić information content (AvgIpc) is 2.44. The molecule has 0 radical (unpaired) electrons. The summed E-state index contributed by atoms with van der Waals surface area (Å²) in [5, 5.41) is 5.89. The second-order valence-corrected chi connectivity index (χ2v) is 4.29. The van der Waals surface area contributed by atoms with E-state index in [0.29, 0.717) is 12.0 Å². The molecule has 0 unspecified atom stereocenters. The van der Waals surface area contributed by atoms with Crippen LogP contribution in [0.4, 0.5) is 0 Å². The molecular weight excluding hydrogens is 238 g/mol. The van der Waals surface area contributed by atoms with Gasteiger partial charge in [-0.2, -0.15) is 0 Å². The van der Waals surface area contributed by atoms with Gasteiger partial charge in [-0.15, -0.1) is 0 Å².